The summed E-state index contributed by atoms with van der Waals surface area (Å²) in [7, 11) is 0. The molecule has 406 valence electrons. The van der Waals surface area contributed by atoms with Gasteiger partial charge in [0.25, 0.3) is 0 Å². The number of fused-ring (bicyclic) bond motifs is 9. The van der Waals surface area contributed by atoms with Gasteiger partial charge in [0.1, 0.15) is 18.1 Å². The fourth-order valence-electron chi connectivity index (χ4n) is 10.4. The van der Waals surface area contributed by atoms with E-state index in [0.29, 0.717) is 33.8 Å². The molecule has 16 N–H and O–H groups in total. The van der Waals surface area contributed by atoms with Crippen LogP contribution in [0.4, 0.5) is 0 Å². The van der Waals surface area contributed by atoms with Gasteiger partial charge in [-0.3, -0.25) is 29.4 Å². The number of rotatable bonds is 22. The lowest BCUT2D eigenvalue weighted by atomic mass is 9.85. The van der Waals surface area contributed by atoms with Crippen LogP contribution in [0.25, 0.3) is 50.2 Å². The van der Waals surface area contributed by atoms with Crippen molar-refractivity contribution in [2.45, 2.75) is 123 Å². The van der Waals surface area contributed by atoms with E-state index < -0.39 is 53.7 Å². The van der Waals surface area contributed by atoms with E-state index >= 15 is 0 Å². The highest BCUT2D eigenvalue weighted by Gasteiger charge is 2.35. The Labute approximate surface area is 445 Å². The van der Waals surface area contributed by atoms with Crippen LogP contribution in [-0.2, 0) is 36.8 Å². The third kappa shape index (κ3) is 12.7. The van der Waals surface area contributed by atoms with Gasteiger partial charge in [0.15, 0.2) is 11.9 Å². The number of guanidine groups is 2. The Bertz CT molecular complexity index is 3390. The Morgan fingerprint density at radius 3 is 2.06 bits per heavy atom. The number of carbonyl (C=O) groups is 5. The number of nitrogens with one attached hydrogen (secondary N) is 6. The maximum absolute atomic E-state index is 14.5. The molecule has 2 aliphatic heterocycles. The van der Waals surface area contributed by atoms with Crippen molar-refractivity contribution in [2.75, 3.05) is 13.1 Å². The van der Waals surface area contributed by atoms with Crippen molar-refractivity contribution in [1.29, 1.82) is 0 Å². The number of aryl methyl sites for hydroxylation is 3. The van der Waals surface area contributed by atoms with Crippen molar-refractivity contribution in [3.05, 3.63) is 111 Å². The van der Waals surface area contributed by atoms with Crippen LogP contribution < -0.4 is 38.9 Å². The molecule has 0 aliphatic carbocycles. The van der Waals surface area contributed by atoms with Crippen molar-refractivity contribution < 1.29 is 34.2 Å². The van der Waals surface area contributed by atoms with E-state index in [0.717, 1.165) is 61.6 Å². The predicted octanol–water partition coefficient (Wildman–Crippen LogP) is 5.50. The highest BCUT2D eigenvalue weighted by atomic mass is 16.4. The summed E-state index contributed by atoms with van der Waals surface area (Å²) in [5, 5.41) is 29.9. The van der Waals surface area contributed by atoms with Crippen LogP contribution in [0.5, 0.6) is 0 Å². The van der Waals surface area contributed by atoms with Gasteiger partial charge in [-0.1, -0.05) is 44.7 Å². The van der Waals surface area contributed by atoms with Crippen LogP contribution in [0.15, 0.2) is 65.2 Å². The summed E-state index contributed by atoms with van der Waals surface area (Å²) in [6.07, 6.45) is 4.94. The molecule has 6 heterocycles. The molecule has 21 heteroatoms. The zero-order valence-corrected chi connectivity index (χ0v) is 44.4. The van der Waals surface area contributed by atoms with E-state index in [-0.39, 0.29) is 87.1 Å². The van der Waals surface area contributed by atoms with Crippen molar-refractivity contribution in [1.82, 2.24) is 40.9 Å². The number of aromatic amines is 3. The topological polar surface area (TPSA) is 364 Å². The molecule has 2 aliphatic rings. The summed E-state index contributed by atoms with van der Waals surface area (Å²) < 4.78 is 0. The van der Waals surface area contributed by atoms with E-state index in [9.17, 15) is 34.2 Å². The van der Waals surface area contributed by atoms with Gasteiger partial charge in [0.05, 0.1) is 17.0 Å². The van der Waals surface area contributed by atoms with E-state index in [1.165, 1.54) is 0 Å². The number of carbonyl (C=O) groups excluding carboxylic acids is 3. The summed E-state index contributed by atoms with van der Waals surface area (Å²) in [5.74, 6) is -5.35. The average Bonchev–Trinajstić information content (AvgIpc) is 4.18. The minimum absolute atomic E-state index is 0.00522. The van der Waals surface area contributed by atoms with Gasteiger partial charge in [-0.15, -0.1) is 0 Å². The average molecular weight is 1050 g/mol. The molecule has 1 aromatic carbocycles. The summed E-state index contributed by atoms with van der Waals surface area (Å²) in [6, 6.07) is 9.53. The molecule has 8 bridgehead atoms. The maximum atomic E-state index is 14.5. The number of allylic oxidation sites excluding steroid dienone is 1. The first-order valence-corrected chi connectivity index (χ1v) is 25.8. The minimum Gasteiger partial charge on any atom is -0.480 e. The lowest BCUT2D eigenvalue weighted by molar-refractivity contribution is -0.142. The van der Waals surface area contributed by atoms with Gasteiger partial charge in [0, 0.05) is 93.9 Å². The third-order valence-electron chi connectivity index (χ3n) is 14.7. The lowest BCUT2D eigenvalue weighted by Crippen LogP contribution is -2.56. The Balaban J connectivity index is 1.22. The van der Waals surface area contributed by atoms with Crippen LogP contribution in [0.1, 0.15) is 127 Å². The third-order valence-corrected chi connectivity index (χ3v) is 14.7. The number of aliphatic carboxylic acids is 2. The molecular formula is C56H70N14O7. The molecule has 0 saturated heterocycles. The Hall–Kier alpha value is -8.75. The van der Waals surface area contributed by atoms with Crippen LogP contribution in [0.2, 0.25) is 0 Å². The van der Waals surface area contributed by atoms with Crippen molar-refractivity contribution >= 4 is 91.8 Å². The number of aliphatic imine (C=N–C) groups is 2. The molecule has 77 heavy (non-hydrogen) atoms. The van der Waals surface area contributed by atoms with Gasteiger partial charge in [0.2, 0.25) is 17.7 Å². The number of hydrogen-bond donors (Lipinski definition) is 12. The number of nitrogens with zero attached hydrogens (tertiary/aromatic N) is 4. The fourth-order valence-corrected chi connectivity index (χ4v) is 10.4. The predicted molar refractivity (Wildman–Crippen MR) is 300 cm³/mol. The number of benzene rings is 1. The minimum atomic E-state index is -1.34. The Kier molecular flexibility index (Phi) is 17.7. The first-order valence-electron chi connectivity index (χ1n) is 25.8. The second-order valence-corrected chi connectivity index (χ2v) is 19.7. The normalized spacial score (nSPS) is 15.3. The van der Waals surface area contributed by atoms with Gasteiger partial charge >= 0.3 is 11.9 Å². The SMILES string of the molecule is C=Cc1c(C)c2cc3nc(c(C)c4nc(cc5[nH]c(cc1[nH]2)c(C)c5CC)C(C)=C4C(=O)O)[C@@H](CCC(=O)N[C@@H](CCCN=C(N)N)C(=O)N[C@@H](Cc1c[nH]c2ccccc12)C(=O)N[C@@H](CCCN=C(N)N)C(=O)O)[C@@H]3C. The molecule has 21 nitrogen and oxygen atoms in total. The number of H-pyrrole nitrogens is 3. The van der Waals surface area contributed by atoms with Crippen LogP contribution >= 0.6 is 0 Å². The summed E-state index contributed by atoms with van der Waals surface area (Å²) in [6.45, 7) is 16.1. The smallest absolute Gasteiger partial charge is 0.338 e. The zero-order chi connectivity index (χ0) is 55.8. The highest BCUT2D eigenvalue weighted by molar-refractivity contribution is 6.24. The highest BCUT2D eigenvalue weighted by Crippen LogP contribution is 2.43. The molecule has 7 rings (SSSR count). The van der Waals surface area contributed by atoms with E-state index in [1.54, 1.807) is 13.1 Å². The zero-order valence-electron chi connectivity index (χ0n) is 44.4. The summed E-state index contributed by atoms with van der Waals surface area (Å²) in [5.41, 5.74) is 34.1. The second-order valence-electron chi connectivity index (χ2n) is 19.7. The first kappa shape index (κ1) is 56.0. The lowest BCUT2D eigenvalue weighted by Gasteiger charge is -2.25. The van der Waals surface area contributed by atoms with Gasteiger partial charge < -0.3 is 64.1 Å². The summed E-state index contributed by atoms with van der Waals surface area (Å²) in [4.78, 5) is 97.0. The number of para-hydroxylation sites is 1. The molecule has 0 fully saturated rings. The molecule has 0 radical (unpaired) electrons. The summed E-state index contributed by atoms with van der Waals surface area (Å²) >= 11 is 0. The molecule has 0 spiro atoms. The number of aromatic nitrogens is 5. The standard InChI is InChI=1S/C56H70N14O7/c1-8-33-27(3)40-23-42-29(5)35(49(67-42)31(7)50-48(54(76)77)30(6)43(68-50)25-45-34(9-2)28(4)41(65-45)24-44(33)64-40)18-19-47(71)66-38(16-12-20-61-55(57)58)51(72)70-46(22-32-26-63-37-15-11-10-14-36(32)37)52(73)69-39(53(74)75)17-13-21-62-56(59)60/h8,10-11,14-15,23-26,29,35,38-39,46,63-65H,1,9,12-13,16-22H2,2-7H3,(H,66,71)(H,69,73)(H,70,72)(H,74,75)(H,76,77)(H4,57,58,61)(H4,59,60,62)/t29-,35-,38-,39-,46-/m0/s1. The monoisotopic (exact) mass is 1050 g/mol. The number of carboxylic acid groups (broad SMARTS) is 2. The largest absolute Gasteiger partial charge is 0.480 e. The van der Waals surface area contributed by atoms with E-state index in [4.69, 9.17) is 32.9 Å². The number of amides is 3. The Morgan fingerprint density at radius 2 is 1.42 bits per heavy atom. The molecule has 3 amide bonds. The fraction of sp³-hybridized carbons (Fsp3) is 0.375. The second kappa shape index (κ2) is 24.3. The quantitative estimate of drug-likeness (QED) is 0.0232. The number of nitrogens with two attached hydrogens (primary N) is 4. The number of carboxylic acids is 2. The van der Waals surface area contributed by atoms with Crippen LogP contribution in [-0.4, -0.2) is 108 Å². The van der Waals surface area contributed by atoms with Gasteiger partial charge in [-0.2, -0.15) is 0 Å². The number of hydrogen-bond acceptors (Lipinski definition) is 9. The molecule has 5 aromatic rings. The first-order chi connectivity index (χ1) is 36.7. The van der Waals surface area contributed by atoms with Crippen LogP contribution in [0, 0.1) is 20.8 Å². The maximum Gasteiger partial charge on any atom is 0.338 e. The van der Waals surface area contributed by atoms with E-state index in [2.05, 4.69) is 67.4 Å². The van der Waals surface area contributed by atoms with Crippen molar-refractivity contribution in [3.8, 4) is 0 Å². The molecule has 4 aromatic heterocycles. The molecule has 5 atom stereocenters. The van der Waals surface area contributed by atoms with Gasteiger partial charge in [-0.25, -0.2) is 14.6 Å². The van der Waals surface area contributed by atoms with E-state index in [1.807, 2.05) is 63.2 Å². The van der Waals surface area contributed by atoms with Crippen molar-refractivity contribution in [2.24, 2.45) is 32.9 Å². The van der Waals surface area contributed by atoms with Crippen molar-refractivity contribution in [3.63, 3.8) is 0 Å². The Morgan fingerprint density at radius 1 is 0.779 bits per heavy atom. The molecular weight excluding hydrogens is 981 g/mol. The molecule has 0 unspecified atom stereocenters. The van der Waals surface area contributed by atoms with Crippen LogP contribution in [0.3, 0.4) is 0 Å². The molecule has 0 saturated carbocycles. The van der Waals surface area contributed by atoms with Gasteiger partial charge in [-0.05, 0) is 124 Å².